The summed E-state index contributed by atoms with van der Waals surface area (Å²) in [5.41, 5.74) is -0.719. The van der Waals surface area contributed by atoms with Crippen molar-refractivity contribution in [1.29, 1.82) is 0 Å². The van der Waals surface area contributed by atoms with Crippen LogP contribution in [0.4, 0.5) is 13.2 Å². The zero-order valence-electron chi connectivity index (χ0n) is 12.2. The summed E-state index contributed by atoms with van der Waals surface area (Å²) in [4.78, 5) is 12.5. The number of benzene rings is 1. The summed E-state index contributed by atoms with van der Waals surface area (Å²) in [5.74, 6) is -0.246. The van der Waals surface area contributed by atoms with Crippen LogP contribution in [0.15, 0.2) is 24.3 Å². The quantitative estimate of drug-likeness (QED) is 0.890. The summed E-state index contributed by atoms with van der Waals surface area (Å²) in [6, 6.07) is 4.95. The van der Waals surface area contributed by atoms with Crippen molar-refractivity contribution >= 4 is 27.3 Å². The van der Waals surface area contributed by atoms with Gasteiger partial charge in [0.15, 0.2) is 0 Å². The molecule has 1 saturated carbocycles. The van der Waals surface area contributed by atoms with Crippen LogP contribution in [-0.4, -0.2) is 23.7 Å². The molecule has 1 aromatic heterocycles. The van der Waals surface area contributed by atoms with Crippen molar-refractivity contribution < 1.29 is 23.1 Å². The van der Waals surface area contributed by atoms with E-state index in [9.17, 15) is 23.1 Å². The molecule has 1 amide bonds. The monoisotopic (exact) mass is 343 g/mol. The van der Waals surface area contributed by atoms with Crippen molar-refractivity contribution in [3.05, 3.63) is 34.7 Å². The molecule has 124 valence electrons. The Kier molecular flexibility index (Phi) is 4.33. The van der Waals surface area contributed by atoms with Gasteiger partial charge < -0.3 is 10.4 Å². The van der Waals surface area contributed by atoms with Crippen LogP contribution in [0.1, 0.15) is 34.5 Å². The van der Waals surface area contributed by atoms with Crippen LogP contribution in [0.5, 0.6) is 0 Å². The van der Waals surface area contributed by atoms with Crippen molar-refractivity contribution in [2.75, 3.05) is 6.54 Å². The van der Waals surface area contributed by atoms with Crippen LogP contribution < -0.4 is 5.32 Å². The summed E-state index contributed by atoms with van der Waals surface area (Å²) in [6.07, 6.45) is -2.19. The molecule has 1 aromatic carbocycles. The van der Waals surface area contributed by atoms with Crippen molar-refractivity contribution in [1.82, 2.24) is 5.32 Å². The third-order valence-corrected chi connectivity index (χ3v) is 5.33. The highest BCUT2D eigenvalue weighted by Gasteiger charge is 2.30. The fourth-order valence-electron chi connectivity index (χ4n) is 2.90. The molecular formula is C16H16F3NO2S. The molecule has 2 aromatic rings. The summed E-state index contributed by atoms with van der Waals surface area (Å²) in [7, 11) is 0. The van der Waals surface area contributed by atoms with E-state index in [-0.39, 0.29) is 17.9 Å². The molecule has 0 aliphatic heterocycles. The van der Waals surface area contributed by atoms with E-state index >= 15 is 0 Å². The number of halogens is 3. The number of fused-ring (bicyclic) bond motifs is 1. The highest BCUT2D eigenvalue weighted by atomic mass is 32.1. The average molecular weight is 343 g/mol. The summed E-state index contributed by atoms with van der Waals surface area (Å²) < 4.78 is 38.8. The van der Waals surface area contributed by atoms with Crippen LogP contribution in [0.3, 0.4) is 0 Å². The number of alkyl halides is 3. The average Bonchev–Trinajstić information content (AvgIpc) is 3.09. The number of carbonyl (C=O) groups is 1. The zero-order chi connectivity index (χ0) is 16.6. The van der Waals surface area contributed by atoms with Gasteiger partial charge in [-0.1, -0.05) is 6.42 Å². The lowest BCUT2D eigenvalue weighted by Crippen LogP contribution is -2.31. The second-order valence-corrected chi connectivity index (χ2v) is 6.91. The largest absolute Gasteiger partial charge is 0.416 e. The smallest absolute Gasteiger partial charge is 0.393 e. The Balaban J connectivity index is 1.73. The molecule has 23 heavy (non-hydrogen) atoms. The van der Waals surface area contributed by atoms with Gasteiger partial charge in [0.2, 0.25) is 0 Å². The predicted octanol–water partition coefficient (Wildman–Crippen LogP) is 3.81. The van der Waals surface area contributed by atoms with Crippen molar-refractivity contribution in [2.24, 2.45) is 5.92 Å². The van der Waals surface area contributed by atoms with E-state index in [1.54, 1.807) is 0 Å². The number of hydrogen-bond acceptors (Lipinski definition) is 3. The normalized spacial score (nSPS) is 21.7. The highest BCUT2D eigenvalue weighted by molar-refractivity contribution is 7.20. The van der Waals surface area contributed by atoms with Gasteiger partial charge in [-0.2, -0.15) is 13.2 Å². The number of nitrogens with one attached hydrogen (secondary N) is 1. The highest BCUT2D eigenvalue weighted by Crippen LogP contribution is 2.34. The Morgan fingerprint density at radius 3 is 2.74 bits per heavy atom. The maximum Gasteiger partial charge on any atom is 0.416 e. The number of aliphatic hydroxyl groups excluding tert-OH is 1. The summed E-state index contributed by atoms with van der Waals surface area (Å²) in [5, 5.41) is 12.9. The molecule has 1 aliphatic rings. The van der Waals surface area contributed by atoms with Crippen molar-refractivity contribution in [3.8, 4) is 0 Å². The minimum Gasteiger partial charge on any atom is -0.393 e. The molecule has 0 bridgehead atoms. The second kappa shape index (κ2) is 6.13. The lowest BCUT2D eigenvalue weighted by atomic mass is 10.1. The number of aliphatic hydroxyl groups is 1. The maximum absolute atomic E-state index is 12.7. The SMILES string of the molecule is O=C(NC[C@H]1CCC[C@@H]1O)c1cc2cc(C(F)(F)F)ccc2s1. The van der Waals surface area contributed by atoms with Gasteiger partial charge in [0.05, 0.1) is 16.5 Å². The Labute approximate surface area is 135 Å². The number of rotatable bonds is 3. The molecule has 1 heterocycles. The maximum atomic E-state index is 12.7. The van der Waals surface area contributed by atoms with E-state index in [4.69, 9.17) is 0 Å². The molecule has 1 fully saturated rings. The van der Waals surface area contributed by atoms with Crippen molar-refractivity contribution in [3.63, 3.8) is 0 Å². The molecule has 0 spiro atoms. The molecule has 3 nitrogen and oxygen atoms in total. The first-order valence-electron chi connectivity index (χ1n) is 7.41. The first-order valence-corrected chi connectivity index (χ1v) is 8.23. The molecule has 7 heteroatoms. The van der Waals surface area contributed by atoms with Crippen LogP contribution in [-0.2, 0) is 6.18 Å². The van der Waals surface area contributed by atoms with E-state index in [1.807, 2.05) is 0 Å². The fraction of sp³-hybridized carbons (Fsp3) is 0.438. The van der Waals surface area contributed by atoms with Gasteiger partial charge in [-0.3, -0.25) is 4.79 Å². The lowest BCUT2D eigenvalue weighted by Gasteiger charge is -2.14. The van der Waals surface area contributed by atoms with Crippen LogP contribution >= 0.6 is 11.3 Å². The number of thiophene rings is 1. The molecule has 0 saturated heterocycles. The van der Waals surface area contributed by atoms with E-state index in [0.717, 1.165) is 31.4 Å². The van der Waals surface area contributed by atoms with Gasteiger partial charge in [0.1, 0.15) is 0 Å². The molecule has 2 N–H and O–H groups in total. The third-order valence-electron chi connectivity index (χ3n) is 4.21. The van der Waals surface area contributed by atoms with E-state index in [2.05, 4.69) is 5.32 Å². The van der Waals surface area contributed by atoms with Crippen molar-refractivity contribution in [2.45, 2.75) is 31.5 Å². The van der Waals surface area contributed by atoms with E-state index < -0.39 is 11.7 Å². The number of hydrogen-bond donors (Lipinski definition) is 2. The van der Waals surface area contributed by atoms with Gasteiger partial charge in [0.25, 0.3) is 5.91 Å². The van der Waals surface area contributed by atoms with Crippen LogP contribution in [0.2, 0.25) is 0 Å². The molecular weight excluding hydrogens is 327 g/mol. The standard InChI is InChI=1S/C16H16F3NO2S/c17-16(18,19)11-4-5-13-10(6-11)7-14(23-13)15(22)20-8-9-2-1-3-12(9)21/h4-7,9,12,21H,1-3,8H2,(H,20,22)/t9-,12+/m1/s1. The van der Waals surface area contributed by atoms with E-state index in [0.29, 0.717) is 21.5 Å². The van der Waals surface area contributed by atoms with Gasteiger partial charge in [0, 0.05) is 17.2 Å². The molecule has 2 atom stereocenters. The number of carbonyl (C=O) groups excluding carboxylic acids is 1. The van der Waals surface area contributed by atoms with Crippen LogP contribution in [0.25, 0.3) is 10.1 Å². The third kappa shape index (κ3) is 3.50. The minimum atomic E-state index is -4.39. The summed E-state index contributed by atoms with van der Waals surface area (Å²) in [6.45, 7) is 0.391. The summed E-state index contributed by atoms with van der Waals surface area (Å²) >= 11 is 1.17. The molecule has 0 radical (unpaired) electrons. The Hall–Kier alpha value is -1.60. The predicted molar refractivity (Wildman–Crippen MR) is 82.5 cm³/mol. The van der Waals surface area contributed by atoms with Gasteiger partial charge in [-0.05, 0) is 42.5 Å². The topological polar surface area (TPSA) is 49.3 Å². The molecule has 3 rings (SSSR count). The molecule has 1 aliphatic carbocycles. The molecule has 0 unspecified atom stereocenters. The Morgan fingerprint density at radius 2 is 2.09 bits per heavy atom. The lowest BCUT2D eigenvalue weighted by molar-refractivity contribution is -0.137. The minimum absolute atomic E-state index is 0.0603. The van der Waals surface area contributed by atoms with Gasteiger partial charge >= 0.3 is 6.18 Å². The fourth-order valence-corrected chi connectivity index (χ4v) is 3.86. The first kappa shape index (κ1) is 16.3. The number of amides is 1. The van der Waals surface area contributed by atoms with Gasteiger partial charge in [-0.15, -0.1) is 11.3 Å². The second-order valence-electron chi connectivity index (χ2n) is 5.83. The Morgan fingerprint density at radius 1 is 1.30 bits per heavy atom. The van der Waals surface area contributed by atoms with E-state index in [1.165, 1.54) is 23.5 Å². The Bertz CT molecular complexity index is 726. The first-order chi connectivity index (χ1) is 10.8. The zero-order valence-corrected chi connectivity index (χ0v) is 13.0. The van der Waals surface area contributed by atoms with Crippen LogP contribution in [0, 0.1) is 5.92 Å². The van der Waals surface area contributed by atoms with Gasteiger partial charge in [-0.25, -0.2) is 0 Å².